The molecular weight excluding hydrogens is 314 g/mol. The highest BCUT2D eigenvalue weighted by Gasteiger charge is 2.38. The average Bonchev–Trinajstić information content (AvgIpc) is 2.74. The van der Waals surface area contributed by atoms with Gasteiger partial charge in [-0.15, -0.1) is 0 Å². The summed E-state index contributed by atoms with van der Waals surface area (Å²) in [6.45, 7) is 4.75. The van der Waals surface area contributed by atoms with Gasteiger partial charge >= 0.3 is 0 Å². The molecule has 1 heterocycles. The first-order chi connectivity index (χ1) is 9.65. The van der Waals surface area contributed by atoms with Crippen molar-refractivity contribution in [1.82, 2.24) is 0 Å². The first kappa shape index (κ1) is 13.4. The van der Waals surface area contributed by atoms with Gasteiger partial charge < -0.3 is 4.74 Å². The second kappa shape index (κ2) is 5.06. The Labute approximate surface area is 127 Å². The van der Waals surface area contributed by atoms with Crippen LogP contribution in [-0.4, -0.2) is 12.5 Å². The van der Waals surface area contributed by atoms with Gasteiger partial charge in [-0.05, 0) is 43.2 Å². The zero-order valence-electron chi connectivity index (χ0n) is 11.6. The lowest BCUT2D eigenvalue weighted by molar-refractivity contribution is 0.326. The highest BCUT2D eigenvalue weighted by molar-refractivity contribution is 9.10. The summed E-state index contributed by atoms with van der Waals surface area (Å²) < 4.78 is 6.78. The van der Waals surface area contributed by atoms with Crippen LogP contribution in [0, 0.1) is 0 Å². The Morgan fingerprint density at radius 3 is 2.70 bits per heavy atom. The van der Waals surface area contributed by atoms with Crippen molar-refractivity contribution in [3.05, 3.63) is 69.7 Å². The molecule has 0 spiro atoms. The summed E-state index contributed by atoms with van der Waals surface area (Å²) in [5.41, 5.74) is 3.07. The van der Waals surface area contributed by atoms with Crippen LogP contribution in [0.1, 0.15) is 30.5 Å². The highest BCUT2D eigenvalue weighted by atomic mass is 79.9. The van der Waals surface area contributed by atoms with Crippen LogP contribution in [0.25, 0.3) is 0 Å². The zero-order chi connectivity index (χ0) is 14.2. The van der Waals surface area contributed by atoms with Gasteiger partial charge in [-0.3, -0.25) is 0 Å². The molecule has 2 aromatic rings. The molecule has 1 aliphatic heterocycles. The normalized spacial score (nSPS) is 20.4. The third kappa shape index (κ3) is 2.06. The van der Waals surface area contributed by atoms with Gasteiger partial charge in [0.05, 0.1) is 6.61 Å². The monoisotopic (exact) mass is 329 g/mol. The molecule has 0 bridgehead atoms. The molecule has 0 saturated carbocycles. The maximum atomic E-state index is 5.71. The summed E-state index contributed by atoms with van der Waals surface area (Å²) in [7, 11) is 0. The van der Waals surface area contributed by atoms with Gasteiger partial charge in [0.15, 0.2) is 0 Å². The van der Waals surface area contributed by atoms with E-state index < -0.39 is 0 Å². The van der Waals surface area contributed by atoms with Crippen LogP contribution >= 0.6 is 15.9 Å². The van der Waals surface area contributed by atoms with E-state index in [-0.39, 0.29) is 5.54 Å². The molecule has 20 heavy (non-hydrogen) atoms. The minimum absolute atomic E-state index is 0.384. The average molecular weight is 330 g/mol. The SMILES string of the molecule is CCOC1=NC(C)(c2cccc(Br)c2)c2ccccc21. The van der Waals surface area contributed by atoms with Crippen molar-refractivity contribution in [2.45, 2.75) is 19.4 Å². The van der Waals surface area contributed by atoms with Crippen molar-refractivity contribution < 1.29 is 4.74 Å². The van der Waals surface area contributed by atoms with E-state index in [9.17, 15) is 0 Å². The Morgan fingerprint density at radius 1 is 1.15 bits per heavy atom. The maximum absolute atomic E-state index is 5.71. The smallest absolute Gasteiger partial charge is 0.217 e. The number of aliphatic imine (C=N–C) groups is 1. The van der Waals surface area contributed by atoms with E-state index in [0.717, 1.165) is 21.5 Å². The second-order valence-corrected chi connectivity index (χ2v) is 5.89. The van der Waals surface area contributed by atoms with Crippen LogP contribution < -0.4 is 0 Å². The zero-order valence-corrected chi connectivity index (χ0v) is 13.1. The first-order valence-corrected chi connectivity index (χ1v) is 7.53. The largest absolute Gasteiger partial charge is 0.478 e. The minimum atomic E-state index is -0.384. The summed E-state index contributed by atoms with van der Waals surface area (Å²) in [5.74, 6) is 0.741. The quantitative estimate of drug-likeness (QED) is 0.794. The van der Waals surface area contributed by atoms with Gasteiger partial charge in [0.2, 0.25) is 5.90 Å². The molecular formula is C17H16BrNO. The number of halogens is 1. The molecule has 0 radical (unpaired) electrons. The van der Waals surface area contributed by atoms with E-state index in [1.165, 1.54) is 5.56 Å². The predicted molar refractivity (Wildman–Crippen MR) is 85.2 cm³/mol. The molecule has 0 aliphatic carbocycles. The lowest BCUT2D eigenvalue weighted by atomic mass is 9.85. The fourth-order valence-electron chi connectivity index (χ4n) is 2.68. The van der Waals surface area contributed by atoms with E-state index in [4.69, 9.17) is 9.73 Å². The highest BCUT2D eigenvalue weighted by Crippen LogP contribution is 2.41. The summed E-state index contributed by atoms with van der Waals surface area (Å²) in [4.78, 5) is 4.86. The molecule has 2 aromatic carbocycles. The van der Waals surface area contributed by atoms with E-state index in [1.807, 2.05) is 25.1 Å². The number of hydrogen-bond acceptors (Lipinski definition) is 2. The molecule has 0 aromatic heterocycles. The van der Waals surface area contributed by atoms with Gasteiger partial charge in [-0.1, -0.05) is 46.3 Å². The molecule has 3 rings (SSSR count). The number of benzene rings is 2. The molecule has 0 fully saturated rings. The van der Waals surface area contributed by atoms with E-state index in [1.54, 1.807) is 0 Å². The third-order valence-corrected chi connectivity index (χ3v) is 4.17. The fraction of sp³-hybridized carbons (Fsp3) is 0.235. The van der Waals surface area contributed by atoms with Crippen LogP contribution in [0.4, 0.5) is 0 Å². The minimum Gasteiger partial charge on any atom is -0.478 e. The van der Waals surface area contributed by atoms with Crippen molar-refractivity contribution in [2.24, 2.45) is 4.99 Å². The van der Waals surface area contributed by atoms with Gasteiger partial charge in [0, 0.05) is 10.0 Å². The van der Waals surface area contributed by atoms with Crippen LogP contribution in [0.15, 0.2) is 58.0 Å². The number of fused-ring (bicyclic) bond motifs is 1. The lowest BCUT2D eigenvalue weighted by Gasteiger charge is -2.23. The topological polar surface area (TPSA) is 21.6 Å². The molecule has 0 amide bonds. The summed E-state index contributed by atoms with van der Waals surface area (Å²) in [6, 6.07) is 16.6. The van der Waals surface area contributed by atoms with Crippen LogP contribution in [-0.2, 0) is 10.3 Å². The van der Waals surface area contributed by atoms with Crippen molar-refractivity contribution in [1.29, 1.82) is 0 Å². The molecule has 102 valence electrons. The summed E-state index contributed by atoms with van der Waals surface area (Å²) in [6.07, 6.45) is 0. The van der Waals surface area contributed by atoms with Crippen LogP contribution in [0.2, 0.25) is 0 Å². The number of ether oxygens (including phenoxy) is 1. The van der Waals surface area contributed by atoms with E-state index in [0.29, 0.717) is 6.61 Å². The molecule has 2 nitrogen and oxygen atoms in total. The van der Waals surface area contributed by atoms with Gasteiger partial charge in [0.25, 0.3) is 0 Å². The third-order valence-electron chi connectivity index (χ3n) is 3.67. The first-order valence-electron chi connectivity index (χ1n) is 6.73. The summed E-state index contributed by atoms with van der Waals surface area (Å²) in [5, 5.41) is 0. The molecule has 1 atom stereocenters. The number of nitrogens with zero attached hydrogens (tertiary/aromatic N) is 1. The van der Waals surface area contributed by atoms with Crippen molar-refractivity contribution >= 4 is 21.8 Å². The Hall–Kier alpha value is -1.61. The Bertz CT molecular complexity index is 680. The molecule has 1 unspecified atom stereocenters. The Kier molecular flexibility index (Phi) is 3.38. The van der Waals surface area contributed by atoms with Crippen molar-refractivity contribution in [3.63, 3.8) is 0 Å². The van der Waals surface area contributed by atoms with Gasteiger partial charge in [-0.25, -0.2) is 4.99 Å². The Balaban J connectivity index is 2.18. The molecule has 1 aliphatic rings. The summed E-state index contributed by atoms with van der Waals surface area (Å²) >= 11 is 3.54. The fourth-order valence-corrected chi connectivity index (χ4v) is 3.07. The van der Waals surface area contributed by atoms with Gasteiger partial charge in [0.1, 0.15) is 5.54 Å². The molecule has 3 heteroatoms. The Morgan fingerprint density at radius 2 is 1.95 bits per heavy atom. The molecule has 0 N–H and O–H groups in total. The van der Waals surface area contributed by atoms with Gasteiger partial charge in [-0.2, -0.15) is 0 Å². The number of hydrogen-bond donors (Lipinski definition) is 0. The lowest BCUT2D eigenvalue weighted by Crippen LogP contribution is -2.18. The van der Waals surface area contributed by atoms with Crippen molar-refractivity contribution in [3.8, 4) is 0 Å². The maximum Gasteiger partial charge on any atom is 0.217 e. The number of rotatable bonds is 2. The van der Waals surface area contributed by atoms with E-state index in [2.05, 4.69) is 53.2 Å². The van der Waals surface area contributed by atoms with Crippen molar-refractivity contribution in [2.75, 3.05) is 6.61 Å². The van der Waals surface area contributed by atoms with Crippen LogP contribution in [0.5, 0.6) is 0 Å². The predicted octanol–water partition coefficient (Wildman–Crippen LogP) is 4.51. The van der Waals surface area contributed by atoms with Crippen LogP contribution in [0.3, 0.4) is 0 Å². The standard InChI is InChI=1S/C17H16BrNO/c1-3-20-16-14-9-4-5-10-15(14)17(2,19-16)12-7-6-8-13(18)11-12/h4-11H,3H2,1-2H3. The van der Waals surface area contributed by atoms with E-state index >= 15 is 0 Å². The second-order valence-electron chi connectivity index (χ2n) is 4.98. The molecule has 0 saturated heterocycles.